The fourth-order valence-electron chi connectivity index (χ4n) is 1.73. The van der Waals surface area contributed by atoms with Gasteiger partial charge in [-0.2, -0.15) is 0 Å². The number of hydrogen-bond acceptors (Lipinski definition) is 2. The Bertz CT molecular complexity index is 687. The molecule has 0 unspecified atom stereocenters. The summed E-state index contributed by atoms with van der Waals surface area (Å²) in [4.78, 5) is 12.2. The summed E-state index contributed by atoms with van der Waals surface area (Å²) in [7, 11) is 0. The van der Waals surface area contributed by atoms with Crippen LogP contribution in [0.2, 0.25) is 0 Å². The second-order valence-electron chi connectivity index (χ2n) is 4.36. The van der Waals surface area contributed by atoms with Crippen LogP contribution in [0.15, 0.2) is 42.5 Å². The van der Waals surface area contributed by atoms with Crippen molar-refractivity contribution >= 4 is 23.1 Å². The fourth-order valence-corrected chi connectivity index (χ4v) is 1.86. The molecule has 0 aromatic heterocycles. The van der Waals surface area contributed by atoms with E-state index in [1.54, 1.807) is 24.3 Å². The SMILES string of the molecule is NC(=S)c1ccc(C(=O)NCc2ccc(F)cc2F)cc1. The quantitative estimate of drug-likeness (QED) is 0.854. The lowest BCUT2D eigenvalue weighted by molar-refractivity contribution is 0.0950. The van der Waals surface area contributed by atoms with Crippen molar-refractivity contribution in [1.82, 2.24) is 5.32 Å². The lowest BCUT2D eigenvalue weighted by Crippen LogP contribution is -2.23. The number of nitrogens with one attached hydrogen (secondary N) is 1. The zero-order valence-electron chi connectivity index (χ0n) is 10.9. The van der Waals surface area contributed by atoms with Gasteiger partial charge in [-0.1, -0.05) is 30.4 Å². The van der Waals surface area contributed by atoms with Crippen LogP contribution < -0.4 is 11.1 Å². The van der Waals surface area contributed by atoms with Crippen molar-refractivity contribution in [2.75, 3.05) is 0 Å². The van der Waals surface area contributed by atoms with Gasteiger partial charge in [0, 0.05) is 29.3 Å². The van der Waals surface area contributed by atoms with E-state index in [1.807, 2.05) is 0 Å². The Kier molecular flexibility index (Phi) is 4.59. The van der Waals surface area contributed by atoms with Crippen molar-refractivity contribution in [2.24, 2.45) is 5.73 Å². The molecule has 21 heavy (non-hydrogen) atoms. The Morgan fingerprint density at radius 2 is 1.71 bits per heavy atom. The third-order valence-electron chi connectivity index (χ3n) is 2.89. The Morgan fingerprint density at radius 1 is 1.10 bits per heavy atom. The second kappa shape index (κ2) is 6.41. The zero-order chi connectivity index (χ0) is 15.4. The maximum Gasteiger partial charge on any atom is 0.251 e. The molecule has 3 nitrogen and oxygen atoms in total. The van der Waals surface area contributed by atoms with E-state index in [1.165, 1.54) is 6.07 Å². The normalized spacial score (nSPS) is 10.2. The van der Waals surface area contributed by atoms with Crippen LogP contribution in [-0.4, -0.2) is 10.9 Å². The molecule has 2 rings (SSSR count). The summed E-state index contributed by atoms with van der Waals surface area (Å²) in [6, 6.07) is 9.63. The number of halogens is 2. The van der Waals surface area contributed by atoms with Crippen molar-refractivity contribution in [3.8, 4) is 0 Å². The van der Waals surface area contributed by atoms with Crippen molar-refractivity contribution in [1.29, 1.82) is 0 Å². The van der Waals surface area contributed by atoms with Gasteiger partial charge in [0.2, 0.25) is 0 Å². The van der Waals surface area contributed by atoms with Gasteiger partial charge in [0.05, 0.1) is 0 Å². The third kappa shape index (κ3) is 3.82. The second-order valence-corrected chi connectivity index (χ2v) is 4.80. The number of benzene rings is 2. The molecule has 1 amide bonds. The molecule has 0 aliphatic heterocycles. The van der Waals surface area contributed by atoms with E-state index in [0.29, 0.717) is 11.1 Å². The van der Waals surface area contributed by atoms with Crippen LogP contribution in [0.5, 0.6) is 0 Å². The summed E-state index contributed by atoms with van der Waals surface area (Å²) >= 11 is 4.82. The molecule has 3 N–H and O–H groups in total. The molecule has 0 aliphatic rings. The number of carbonyl (C=O) groups excluding carboxylic acids is 1. The molecule has 0 fully saturated rings. The highest BCUT2D eigenvalue weighted by Gasteiger charge is 2.08. The van der Waals surface area contributed by atoms with E-state index in [0.717, 1.165) is 12.1 Å². The molecule has 0 saturated carbocycles. The highest BCUT2D eigenvalue weighted by molar-refractivity contribution is 7.80. The van der Waals surface area contributed by atoms with Gasteiger partial charge in [0.15, 0.2) is 0 Å². The molecule has 0 atom stereocenters. The van der Waals surface area contributed by atoms with E-state index < -0.39 is 11.6 Å². The monoisotopic (exact) mass is 306 g/mol. The minimum Gasteiger partial charge on any atom is -0.389 e. The highest BCUT2D eigenvalue weighted by Crippen LogP contribution is 2.10. The zero-order valence-corrected chi connectivity index (χ0v) is 11.7. The van der Waals surface area contributed by atoms with Crippen molar-refractivity contribution in [3.63, 3.8) is 0 Å². The maximum atomic E-state index is 13.4. The Hall–Kier alpha value is -2.34. The van der Waals surface area contributed by atoms with E-state index in [-0.39, 0.29) is 23.0 Å². The van der Waals surface area contributed by atoms with Crippen LogP contribution in [0.4, 0.5) is 8.78 Å². The van der Waals surface area contributed by atoms with Gasteiger partial charge >= 0.3 is 0 Å². The maximum absolute atomic E-state index is 13.4. The average Bonchev–Trinajstić information content (AvgIpc) is 2.46. The minimum atomic E-state index is -0.695. The molecule has 0 bridgehead atoms. The average molecular weight is 306 g/mol. The first-order chi connectivity index (χ1) is 9.97. The predicted molar refractivity (Wildman–Crippen MR) is 79.9 cm³/mol. The number of hydrogen-bond donors (Lipinski definition) is 2. The standard InChI is InChI=1S/C15H12F2N2OS/c16-12-6-5-11(13(17)7-12)8-19-15(20)10-3-1-9(2-4-10)14(18)21/h1-7H,8H2,(H2,18,21)(H,19,20). The molecule has 0 heterocycles. The van der Waals surface area contributed by atoms with Crippen LogP contribution in [0.25, 0.3) is 0 Å². The third-order valence-corrected chi connectivity index (χ3v) is 3.12. The molecule has 0 saturated heterocycles. The lowest BCUT2D eigenvalue weighted by Gasteiger charge is -2.07. The fraction of sp³-hybridized carbons (Fsp3) is 0.0667. The molecule has 2 aromatic carbocycles. The molecule has 2 aromatic rings. The number of carbonyl (C=O) groups is 1. The van der Waals surface area contributed by atoms with E-state index >= 15 is 0 Å². The van der Waals surface area contributed by atoms with Crippen LogP contribution in [0, 0.1) is 11.6 Å². The van der Waals surface area contributed by atoms with E-state index in [2.05, 4.69) is 5.32 Å². The van der Waals surface area contributed by atoms with E-state index in [9.17, 15) is 13.6 Å². The van der Waals surface area contributed by atoms with Gasteiger partial charge in [0.1, 0.15) is 16.6 Å². The van der Waals surface area contributed by atoms with Crippen molar-refractivity contribution in [2.45, 2.75) is 6.54 Å². The number of amides is 1. The summed E-state index contributed by atoms with van der Waals surface area (Å²) in [5, 5.41) is 2.56. The Morgan fingerprint density at radius 3 is 2.29 bits per heavy atom. The van der Waals surface area contributed by atoms with Crippen molar-refractivity contribution in [3.05, 3.63) is 70.8 Å². The summed E-state index contributed by atoms with van der Waals surface area (Å²) in [5.41, 5.74) is 6.73. The Labute approximate surface area is 125 Å². The smallest absolute Gasteiger partial charge is 0.251 e. The van der Waals surface area contributed by atoms with Gasteiger partial charge in [-0.15, -0.1) is 0 Å². The molecule has 0 aliphatic carbocycles. The summed E-state index contributed by atoms with van der Waals surface area (Å²) < 4.78 is 26.2. The summed E-state index contributed by atoms with van der Waals surface area (Å²) in [6.45, 7) is -0.0258. The molecular weight excluding hydrogens is 294 g/mol. The molecule has 0 spiro atoms. The van der Waals surface area contributed by atoms with Crippen LogP contribution in [0.3, 0.4) is 0 Å². The van der Waals surface area contributed by atoms with Gasteiger partial charge in [0.25, 0.3) is 5.91 Å². The van der Waals surface area contributed by atoms with Crippen LogP contribution in [0.1, 0.15) is 21.5 Å². The first-order valence-electron chi connectivity index (χ1n) is 6.09. The number of thiocarbonyl (C=S) groups is 1. The van der Waals surface area contributed by atoms with Crippen molar-refractivity contribution < 1.29 is 13.6 Å². The number of nitrogens with two attached hydrogens (primary N) is 1. The molecular formula is C15H12F2N2OS. The Balaban J connectivity index is 2.02. The molecule has 108 valence electrons. The van der Waals surface area contributed by atoms with Crippen LogP contribution >= 0.6 is 12.2 Å². The first-order valence-corrected chi connectivity index (χ1v) is 6.50. The summed E-state index contributed by atoms with van der Waals surface area (Å²) in [6.07, 6.45) is 0. The highest BCUT2D eigenvalue weighted by atomic mass is 32.1. The molecule has 6 heteroatoms. The van der Waals surface area contributed by atoms with Gasteiger partial charge in [-0.25, -0.2) is 8.78 Å². The van der Waals surface area contributed by atoms with Gasteiger partial charge in [-0.05, 0) is 18.2 Å². The van der Waals surface area contributed by atoms with E-state index in [4.69, 9.17) is 18.0 Å². The molecule has 0 radical (unpaired) electrons. The van der Waals surface area contributed by atoms with Gasteiger partial charge in [-0.3, -0.25) is 4.79 Å². The van der Waals surface area contributed by atoms with Gasteiger partial charge < -0.3 is 11.1 Å². The van der Waals surface area contributed by atoms with Crippen LogP contribution in [-0.2, 0) is 6.54 Å². The lowest BCUT2D eigenvalue weighted by atomic mass is 10.1. The largest absolute Gasteiger partial charge is 0.389 e. The summed E-state index contributed by atoms with van der Waals surface area (Å²) in [5.74, 6) is -1.72. The first kappa shape index (κ1) is 15.1. The number of rotatable bonds is 4. The minimum absolute atomic E-state index is 0.0258. The predicted octanol–water partition coefficient (Wildman–Crippen LogP) is 2.53. The topological polar surface area (TPSA) is 55.1 Å².